The molecule has 1 saturated heterocycles. The van der Waals surface area contributed by atoms with Crippen LogP contribution in [0.5, 0.6) is 5.75 Å². The van der Waals surface area contributed by atoms with Crippen molar-refractivity contribution in [2.24, 2.45) is 35.5 Å². The Morgan fingerprint density at radius 2 is 1.50 bits per heavy atom. The van der Waals surface area contributed by atoms with Gasteiger partial charge in [0.25, 0.3) is 0 Å². The molecule has 3 fully saturated rings. The van der Waals surface area contributed by atoms with Crippen LogP contribution in [-0.2, 0) is 9.59 Å². The van der Waals surface area contributed by atoms with Crippen LogP contribution in [0.3, 0.4) is 0 Å². The summed E-state index contributed by atoms with van der Waals surface area (Å²) in [6, 6.07) is 12.0. The number of rotatable bonds is 3. The van der Waals surface area contributed by atoms with E-state index < -0.39 is 11.8 Å². The molecule has 2 bridgehead atoms. The quantitative estimate of drug-likeness (QED) is 0.340. The molecule has 0 spiro atoms. The number of anilines is 1. The molecule has 2 aromatic carbocycles. The first kappa shape index (κ1) is 17.6. The van der Waals surface area contributed by atoms with Gasteiger partial charge in [-0.25, -0.2) is 14.1 Å². The number of carbonyl (C=O) groups excluding carboxylic acids is 3. The zero-order valence-electron chi connectivity index (χ0n) is 15.9. The lowest BCUT2D eigenvalue weighted by atomic mass is 9.63. The topological polar surface area (TPSA) is 63.7 Å². The Bertz CT molecular complexity index is 1110. The van der Waals surface area contributed by atoms with Gasteiger partial charge in [0.1, 0.15) is 5.82 Å². The lowest BCUT2D eigenvalue weighted by molar-refractivity contribution is -0.124. The summed E-state index contributed by atoms with van der Waals surface area (Å²) in [5.74, 6) is -1.41. The van der Waals surface area contributed by atoms with Gasteiger partial charge in [-0.15, -0.1) is 0 Å². The Morgan fingerprint density at radius 3 is 2.17 bits per heavy atom. The summed E-state index contributed by atoms with van der Waals surface area (Å²) in [4.78, 5) is 40.4. The summed E-state index contributed by atoms with van der Waals surface area (Å²) in [5, 5.41) is 0. The normalized spacial score (nSPS) is 32.8. The fourth-order valence-corrected chi connectivity index (χ4v) is 5.70. The van der Waals surface area contributed by atoms with E-state index in [4.69, 9.17) is 4.74 Å². The Morgan fingerprint density at radius 1 is 0.900 bits per heavy atom. The summed E-state index contributed by atoms with van der Waals surface area (Å²) in [6.07, 6.45) is 5.31. The summed E-state index contributed by atoms with van der Waals surface area (Å²) in [5.41, 5.74) is 0.0297. The fourth-order valence-electron chi connectivity index (χ4n) is 5.70. The van der Waals surface area contributed by atoms with E-state index in [0.29, 0.717) is 11.8 Å². The van der Waals surface area contributed by atoms with Crippen molar-refractivity contribution in [1.82, 2.24) is 0 Å². The zero-order valence-corrected chi connectivity index (χ0v) is 15.9. The molecule has 5 aliphatic rings. The summed E-state index contributed by atoms with van der Waals surface area (Å²) >= 11 is 0. The van der Waals surface area contributed by atoms with Crippen molar-refractivity contribution in [2.75, 3.05) is 4.90 Å². The van der Waals surface area contributed by atoms with Crippen molar-refractivity contribution in [2.45, 2.75) is 6.42 Å². The van der Waals surface area contributed by atoms with Gasteiger partial charge in [0.2, 0.25) is 11.8 Å². The highest BCUT2D eigenvalue weighted by Gasteiger charge is 2.67. The molecule has 2 amide bonds. The van der Waals surface area contributed by atoms with E-state index in [1.807, 2.05) is 0 Å². The van der Waals surface area contributed by atoms with Gasteiger partial charge in [-0.05, 0) is 54.4 Å². The van der Waals surface area contributed by atoms with Gasteiger partial charge in [-0.2, -0.15) is 0 Å². The molecule has 7 rings (SSSR count). The monoisotopic (exact) mass is 403 g/mol. The van der Waals surface area contributed by atoms with Crippen LogP contribution in [0.1, 0.15) is 16.8 Å². The lowest BCUT2D eigenvalue weighted by Gasteiger charge is -2.37. The van der Waals surface area contributed by atoms with Crippen LogP contribution in [0.4, 0.5) is 10.1 Å². The molecular formula is C24H18FNO4. The molecule has 5 nitrogen and oxygen atoms in total. The van der Waals surface area contributed by atoms with Crippen LogP contribution in [0, 0.1) is 41.3 Å². The number of allylic oxidation sites excluding steroid dienone is 2. The van der Waals surface area contributed by atoms with Gasteiger partial charge in [-0.3, -0.25) is 9.59 Å². The standard InChI is InChI=1S/C24H18FNO4/c25-17-6-2-1-5-14(17)24(29)30-19-8-4-3-7-18(19)26-22(27)20-12-9-10-13(16-11-15(12)16)21(20)23(26)28/h1-10,12-13,15-16,20-21H,11H2/t12-,13-,15-,16-,20-,21+/m1/s1. The fraction of sp³-hybridized carbons (Fsp3) is 0.292. The highest BCUT2D eigenvalue weighted by Crippen LogP contribution is 2.65. The zero-order chi connectivity index (χ0) is 20.6. The van der Waals surface area contributed by atoms with E-state index in [9.17, 15) is 18.8 Å². The number of hydrogen-bond donors (Lipinski definition) is 0. The van der Waals surface area contributed by atoms with Crippen molar-refractivity contribution < 1.29 is 23.5 Å². The molecule has 0 unspecified atom stereocenters. The predicted octanol–water partition coefficient (Wildman–Crippen LogP) is 3.60. The Hall–Kier alpha value is -3.28. The maximum Gasteiger partial charge on any atom is 0.346 e. The summed E-state index contributed by atoms with van der Waals surface area (Å²) in [6.45, 7) is 0. The van der Waals surface area contributed by atoms with Crippen molar-refractivity contribution in [3.63, 3.8) is 0 Å². The number of benzene rings is 2. The second-order valence-electron chi connectivity index (χ2n) is 8.50. The van der Waals surface area contributed by atoms with E-state index in [1.54, 1.807) is 18.2 Å². The molecular weight excluding hydrogens is 385 g/mol. The van der Waals surface area contributed by atoms with Gasteiger partial charge in [0.05, 0.1) is 23.1 Å². The van der Waals surface area contributed by atoms with Crippen LogP contribution in [-0.4, -0.2) is 17.8 Å². The average molecular weight is 403 g/mol. The molecule has 150 valence electrons. The molecule has 30 heavy (non-hydrogen) atoms. The Labute approximate surface area is 172 Å². The number of hydrogen-bond acceptors (Lipinski definition) is 4. The first-order chi connectivity index (χ1) is 14.6. The minimum absolute atomic E-state index is 0.0663. The molecule has 0 aromatic heterocycles. The minimum Gasteiger partial charge on any atom is -0.421 e. The summed E-state index contributed by atoms with van der Waals surface area (Å²) in [7, 11) is 0. The number of amides is 2. The maximum atomic E-state index is 14.0. The van der Waals surface area contributed by atoms with E-state index >= 15 is 0 Å². The maximum absolute atomic E-state index is 14.0. The summed E-state index contributed by atoms with van der Waals surface area (Å²) < 4.78 is 19.4. The third kappa shape index (κ3) is 2.30. The van der Waals surface area contributed by atoms with E-state index in [2.05, 4.69) is 12.2 Å². The number of imide groups is 1. The first-order valence-corrected chi connectivity index (χ1v) is 10.2. The smallest absolute Gasteiger partial charge is 0.346 e. The van der Waals surface area contributed by atoms with Crippen molar-refractivity contribution >= 4 is 23.5 Å². The number of ether oxygens (including phenoxy) is 1. The SMILES string of the molecule is O=C(Oc1ccccc1N1C(=O)[C@@H]2[C@@H]3C=C[C@H]([C@H]4C[C@H]34)[C@@H]2C1=O)c1ccccc1F. The number of halogens is 1. The molecule has 1 heterocycles. The number of nitrogens with zero attached hydrogens (tertiary/aromatic N) is 1. The van der Waals surface area contributed by atoms with Crippen LogP contribution < -0.4 is 9.64 Å². The van der Waals surface area contributed by atoms with Crippen LogP contribution in [0.15, 0.2) is 60.7 Å². The van der Waals surface area contributed by atoms with E-state index in [-0.39, 0.29) is 52.5 Å². The number of carbonyl (C=O) groups is 3. The lowest BCUT2D eigenvalue weighted by Crippen LogP contribution is -2.40. The van der Waals surface area contributed by atoms with Crippen LogP contribution in [0.2, 0.25) is 0 Å². The van der Waals surface area contributed by atoms with Crippen molar-refractivity contribution in [3.8, 4) is 5.75 Å². The minimum atomic E-state index is -0.875. The molecule has 0 radical (unpaired) electrons. The van der Waals surface area contributed by atoms with Gasteiger partial charge in [-0.1, -0.05) is 36.4 Å². The molecule has 2 saturated carbocycles. The van der Waals surface area contributed by atoms with Crippen molar-refractivity contribution in [1.29, 1.82) is 0 Å². The van der Waals surface area contributed by atoms with Gasteiger partial charge in [0.15, 0.2) is 5.75 Å². The first-order valence-electron chi connectivity index (χ1n) is 10.2. The van der Waals surface area contributed by atoms with Crippen LogP contribution in [0.25, 0.3) is 0 Å². The van der Waals surface area contributed by atoms with Crippen LogP contribution >= 0.6 is 0 Å². The largest absolute Gasteiger partial charge is 0.421 e. The molecule has 0 N–H and O–H groups in total. The second-order valence-corrected chi connectivity index (χ2v) is 8.50. The number of esters is 1. The van der Waals surface area contributed by atoms with Gasteiger partial charge >= 0.3 is 5.97 Å². The third-order valence-electron chi connectivity index (χ3n) is 7.07. The average Bonchev–Trinajstić information content (AvgIpc) is 3.53. The highest BCUT2D eigenvalue weighted by molar-refractivity contribution is 6.23. The van der Waals surface area contributed by atoms with Gasteiger partial charge < -0.3 is 4.74 Å². The van der Waals surface area contributed by atoms with E-state index in [0.717, 1.165) is 6.42 Å². The highest BCUT2D eigenvalue weighted by atomic mass is 19.1. The predicted molar refractivity (Wildman–Crippen MR) is 105 cm³/mol. The van der Waals surface area contributed by atoms with Gasteiger partial charge in [0, 0.05) is 0 Å². The molecule has 1 aliphatic heterocycles. The Kier molecular flexibility index (Phi) is 3.58. The molecule has 2 aromatic rings. The van der Waals surface area contributed by atoms with E-state index in [1.165, 1.54) is 35.2 Å². The Balaban J connectivity index is 1.35. The number of para-hydroxylation sites is 2. The molecule has 6 heteroatoms. The second kappa shape index (κ2) is 6.11. The molecule has 4 aliphatic carbocycles. The third-order valence-corrected chi connectivity index (χ3v) is 7.07. The molecule has 6 atom stereocenters. The van der Waals surface area contributed by atoms with Crippen molar-refractivity contribution in [3.05, 3.63) is 72.1 Å².